The lowest BCUT2D eigenvalue weighted by atomic mass is 9.80. The number of ether oxygens (including phenoxy) is 1. The molecule has 0 aromatic carbocycles. The lowest BCUT2D eigenvalue weighted by Crippen LogP contribution is -2.36. The third kappa shape index (κ3) is 5.53. The molecule has 0 aromatic heterocycles. The minimum Gasteiger partial charge on any atom is -0.378 e. The minimum atomic E-state index is -3.49. The second-order valence-corrected chi connectivity index (χ2v) is 9.37. The van der Waals surface area contributed by atoms with Gasteiger partial charge in [-0.25, -0.2) is 8.42 Å². The highest BCUT2D eigenvalue weighted by Crippen LogP contribution is 2.34. The summed E-state index contributed by atoms with van der Waals surface area (Å²) in [5.41, 5.74) is -0.340. The van der Waals surface area contributed by atoms with Crippen molar-refractivity contribution >= 4 is 19.7 Å². The summed E-state index contributed by atoms with van der Waals surface area (Å²) in [5, 5.41) is 0. The van der Waals surface area contributed by atoms with E-state index in [2.05, 4.69) is 13.8 Å². The standard InChI is InChI=1S/C15H29ClO3S/c1-5-15(6-2,11-20(16,17)18)10-19-14-8-7-12(3)13(4)9-14/h12-14H,5-11H2,1-4H3. The van der Waals surface area contributed by atoms with Crippen LogP contribution >= 0.6 is 10.7 Å². The molecule has 5 heteroatoms. The van der Waals surface area contributed by atoms with Crippen molar-refractivity contribution in [3.8, 4) is 0 Å². The van der Waals surface area contributed by atoms with E-state index in [1.807, 2.05) is 13.8 Å². The van der Waals surface area contributed by atoms with Crippen LogP contribution in [0.15, 0.2) is 0 Å². The number of hydrogen-bond donors (Lipinski definition) is 0. The quantitative estimate of drug-likeness (QED) is 0.659. The van der Waals surface area contributed by atoms with Gasteiger partial charge in [0.2, 0.25) is 9.05 Å². The zero-order valence-corrected chi connectivity index (χ0v) is 14.8. The molecular formula is C15H29ClO3S. The van der Waals surface area contributed by atoms with Crippen LogP contribution in [0.25, 0.3) is 0 Å². The van der Waals surface area contributed by atoms with Crippen molar-refractivity contribution in [2.45, 2.75) is 65.9 Å². The van der Waals surface area contributed by atoms with Gasteiger partial charge in [0.1, 0.15) is 0 Å². The maximum atomic E-state index is 11.4. The largest absolute Gasteiger partial charge is 0.378 e. The Balaban J connectivity index is 2.59. The Bertz CT molecular complexity index is 390. The fraction of sp³-hybridized carbons (Fsp3) is 1.00. The number of hydrogen-bond acceptors (Lipinski definition) is 3. The second kappa shape index (κ2) is 7.46. The van der Waals surface area contributed by atoms with Crippen molar-refractivity contribution in [3.63, 3.8) is 0 Å². The molecule has 0 N–H and O–H groups in total. The third-order valence-corrected chi connectivity index (χ3v) is 6.44. The second-order valence-electron chi connectivity index (χ2n) is 6.59. The molecule has 0 heterocycles. The summed E-state index contributed by atoms with van der Waals surface area (Å²) in [6, 6.07) is 0. The molecule has 1 fully saturated rings. The molecule has 0 spiro atoms. The van der Waals surface area contributed by atoms with Gasteiger partial charge >= 0.3 is 0 Å². The Labute approximate surface area is 128 Å². The monoisotopic (exact) mass is 324 g/mol. The average molecular weight is 325 g/mol. The lowest BCUT2D eigenvalue weighted by molar-refractivity contribution is -0.0381. The van der Waals surface area contributed by atoms with Gasteiger partial charge in [-0.2, -0.15) is 0 Å². The molecule has 1 aliphatic rings. The van der Waals surface area contributed by atoms with Crippen LogP contribution in [0.3, 0.4) is 0 Å². The summed E-state index contributed by atoms with van der Waals surface area (Å²) in [7, 11) is 1.97. The van der Waals surface area contributed by atoms with Gasteiger partial charge < -0.3 is 4.74 Å². The Hall–Kier alpha value is 0.200. The van der Waals surface area contributed by atoms with Crippen LogP contribution < -0.4 is 0 Å². The lowest BCUT2D eigenvalue weighted by Gasteiger charge is -2.36. The van der Waals surface area contributed by atoms with E-state index in [0.29, 0.717) is 12.5 Å². The third-order valence-electron chi connectivity index (χ3n) is 5.15. The van der Waals surface area contributed by atoms with E-state index < -0.39 is 9.05 Å². The van der Waals surface area contributed by atoms with Crippen LogP contribution in [0, 0.1) is 17.3 Å². The molecule has 3 nitrogen and oxygen atoms in total. The molecule has 0 amide bonds. The molecule has 120 valence electrons. The predicted octanol–water partition coefficient (Wildman–Crippen LogP) is 4.20. The molecule has 0 radical (unpaired) electrons. The highest BCUT2D eigenvalue weighted by atomic mass is 35.7. The van der Waals surface area contributed by atoms with Crippen LogP contribution in [0.5, 0.6) is 0 Å². The molecule has 0 aliphatic heterocycles. The summed E-state index contributed by atoms with van der Waals surface area (Å²) in [6.07, 6.45) is 5.19. The molecule has 1 saturated carbocycles. The fourth-order valence-corrected chi connectivity index (χ4v) is 4.93. The van der Waals surface area contributed by atoms with E-state index in [1.165, 1.54) is 6.42 Å². The van der Waals surface area contributed by atoms with E-state index in [0.717, 1.165) is 31.6 Å². The van der Waals surface area contributed by atoms with Crippen LogP contribution in [-0.4, -0.2) is 26.9 Å². The van der Waals surface area contributed by atoms with Crippen molar-refractivity contribution < 1.29 is 13.2 Å². The molecule has 1 aliphatic carbocycles. The van der Waals surface area contributed by atoms with E-state index in [1.54, 1.807) is 0 Å². The van der Waals surface area contributed by atoms with Crippen molar-refractivity contribution in [1.82, 2.24) is 0 Å². The maximum absolute atomic E-state index is 11.4. The molecule has 0 saturated heterocycles. The fourth-order valence-electron chi connectivity index (χ4n) is 3.01. The zero-order chi connectivity index (χ0) is 15.4. The van der Waals surface area contributed by atoms with Crippen LogP contribution in [0.4, 0.5) is 0 Å². The van der Waals surface area contributed by atoms with E-state index in [-0.39, 0.29) is 17.3 Å². The van der Waals surface area contributed by atoms with Gasteiger partial charge in [0.05, 0.1) is 18.5 Å². The van der Waals surface area contributed by atoms with E-state index >= 15 is 0 Å². The first kappa shape index (κ1) is 18.2. The molecule has 20 heavy (non-hydrogen) atoms. The van der Waals surface area contributed by atoms with Crippen molar-refractivity contribution in [3.05, 3.63) is 0 Å². The highest BCUT2D eigenvalue weighted by Gasteiger charge is 2.34. The summed E-state index contributed by atoms with van der Waals surface area (Å²) >= 11 is 0. The normalized spacial score (nSPS) is 28.6. The first-order chi connectivity index (χ1) is 9.21. The molecular weight excluding hydrogens is 296 g/mol. The van der Waals surface area contributed by atoms with Gasteiger partial charge in [-0.05, 0) is 43.9 Å². The van der Waals surface area contributed by atoms with Crippen LogP contribution in [-0.2, 0) is 13.8 Å². The van der Waals surface area contributed by atoms with Gasteiger partial charge in [0.15, 0.2) is 0 Å². The Morgan fingerprint density at radius 1 is 1.15 bits per heavy atom. The summed E-state index contributed by atoms with van der Waals surface area (Å²) in [4.78, 5) is 0. The Morgan fingerprint density at radius 2 is 1.75 bits per heavy atom. The van der Waals surface area contributed by atoms with Gasteiger partial charge in [-0.3, -0.25) is 0 Å². The van der Waals surface area contributed by atoms with Crippen molar-refractivity contribution in [1.29, 1.82) is 0 Å². The maximum Gasteiger partial charge on any atom is 0.233 e. The molecule has 0 bridgehead atoms. The molecule has 0 aromatic rings. The Kier molecular flexibility index (Phi) is 6.81. The zero-order valence-electron chi connectivity index (χ0n) is 13.2. The topological polar surface area (TPSA) is 43.4 Å². The van der Waals surface area contributed by atoms with Gasteiger partial charge in [0.25, 0.3) is 0 Å². The van der Waals surface area contributed by atoms with E-state index in [4.69, 9.17) is 15.4 Å². The predicted molar refractivity (Wildman–Crippen MR) is 84.6 cm³/mol. The van der Waals surface area contributed by atoms with Crippen LogP contribution in [0.1, 0.15) is 59.8 Å². The van der Waals surface area contributed by atoms with Crippen molar-refractivity contribution in [2.75, 3.05) is 12.4 Å². The first-order valence-electron chi connectivity index (χ1n) is 7.75. The molecule has 3 atom stereocenters. The van der Waals surface area contributed by atoms with Gasteiger partial charge in [-0.15, -0.1) is 0 Å². The van der Waals surface area contributed by atoms with Crippen LogP contribution in [0.2, 0.25) is 0 Å². The van der Waals surface area contributed by atoms with E-state index in [9.17, 15) is 8.42 Å². The van der Waals surface area contributed by atoms with Gasteiger partial charge in [0, 0.05) is 16.1 Å². The minimum absolute atomic E-state index is 0.00717. The first-order valence-corrected chi connectivity index (χ1v) is 10.2. The SMILES string of the molecule is CCC(CC)(COC1CCC(C)C(C)C1)CS(=O)(=O)Cl. The van der Waals surface area contributed by atoms with Crippen molar-refractivity contribution in [2.24, 2.45) is 17.3 Å². The number of rotatable bonds is 7. The number of halogens is 1. The summed E-state index contributed by atoms with van der Waals surface area (Å²) in [5.74, 6) is 1.45. The Morgan fingerprint density at radius 3 is 2.20 bits per heavy atom. The summed E-state index contributed by atoms with van der Waals surface area (Å²) in [6.45, 7) is 9.10. The molecule has 1 rings (SSSR count). The van der Waals surface area contributed by atoms with Gasteiger partial charge in [-0.1, -0.05) is 27.7 Å². The smallest absolute Gasteiger partial charge is 0.233 e. The molecule has 3 unspecified atom stereocenters. The highest BCUT2D eigenvalue weighted by molar-refractivity contribution is 8.13. The summed E-state index contributed by atoms with van der Waals surface area (Å²) < 4.78 is 28.9. The average Bonchev–Trinajstić information content (AvgIpc) is 2.37.